The van der Waals surface area contributed by atoms with Gasteiger partial charge in [0.1, 0.15) is 0 Å². The zero-order valence-corrected chi connectivity index (χ0v) is 5.37. The van der Waals surface area contributed by atoms with Gasteiger partial charge in [0.05, 0.1) is 10.2 Å². The van der Waals surface area contributed by atoms with E-state index in [1.165, 1.54) is 0 Å². The molecular formula is C2H3PtSi. The van der Waals surface area contributed by atoms with Crippen molar-refractivity contribution in [2.45, 2.75) is 0 Å². The third-order valence-electron chi connectivity index (χ3n) is 0. The van der Waals surface area contributed by atoms with Crippen molar-refractivity contribution in [2.75, 3.05) is 0 Å². The molecule has 0 unspecified atom stereocenters. The van der Waals surface area contributed by atoms with Gasteiger partial charge < -0.3 is 0 Å². The fourth-order valence-electron chi connectivity index (χ4n) is 0. The fourth-order valence-corrected chi connectivity index (χ4v) is 0. The third-order valence-corrected chi connectivity index (χ3v) is 0. The smallest absolute Gasteiger partial charge is 0.0592 e. The summed E-state index contributed by atoms with van der Waals surface area (Å²) in [4.78, 5) is 0. The van der Waals surface area contributed by atoms with Gasteiger partial charge in [0.2, 0.25) is 0 Å². The summed E-state index contributed by atoms with van der Waals surface area (Å²) >= 11 is 0. The van der Waals surface area contributed by atoms with Gasteiger partial charge in [-0.2, -0.15) is 0 Å². The SMILES string of the molecule is C=C[Si].[Pt]. The van der Waals surface area contributed by atoms with Gasteiger partial charge in [-0.1, -0.05) is 0 Å². The van der Waals surface area contributed by atoms with Gasteiger partial charge in [-0.15, -0.1) is 12.3 Å². The predicted molar refractivity (Wildman–Crippen MR) is 16.0 cm³/mol. The Balaban J connectivity index is 0. The van der Waals surface area contributed by atoms with Crippen LogP contribution in [0, 0.1) is 0 Å². The van der Waals surface area contributed by atoms with Gasteiger partial charge in [0.15, 0.2) is 0 Å². The average molecular weight is 250 g/mol. The molecule has 0 aromatic rings. The fraction of sp³-hybridized carbons (Fsp3) is 0. The number of rotatable bonds is 0. The summed E-state index contributed by atoms with van der Waals surface area (Å²) < 4.78 is 0. The van der Waals surface area contributed by atoms with Crippen LogP contribution in [0.15, 0.2) is 12.3 Å². The molecule has 0 aromatic heterocycles. The number of hydrogen-bond acceptors (Lipinski definition) is 0. The van der Waals surface area contributed by atoms with Crippen molar-refractivity contribution in [1.29, 1.82) is 0 Å². The van der Waals surface area contributed by atoms with E-state index in [0.29, 0.717) is 0 Å². The minimum absolute atomic E-state index is 0. The Bertz CT molecular complexity index is 13.5. The Morgan fingerprint density at radius 2 is 1.75 bits per heavy atom. The van der Waals surface area contributed by atoms with Crippen LogP contribution < -0.4 is 0 Å². The van der Waals surface area contributed by atoms with Gasteiger partial charge in [-0.25, -0.2) is 0 Å². The van der Waals surface area contributed by atoms with Crippen LogP contribution in [0.2, 0.25) is 0 Å². The van der Waals surface area contributed by atoms with E-state index in [9.17, 15) is 0 Å². The van der Waals surface area contributed by atoms with Crippen molar-refractivity contribution in [3.63, 3.8) is 0 Å². The molecule has 3 radical (unpaired) electrons. The third kappa shape index (κ3) is 17.2. The molecule has 25 valence electrons. The molecule has 0 aliphatic rings. The van der Waals surface area contributed by atoms with E-state index in [0.717, 1.165) is 0 Å². The molecule has 0 bridgehead atoms. The molecular weight excluding hydrogens is 247 g/mol. The number of hydrogen-bond donors (Lipinski definition) is 0. The first-order valence-electron chi connectivity index (χ1n) is 0.697. The zero-order valence-electron chi connectivity index (χ0n) is 2.10. The van der Waals surface area contributed by atoms with E-state index < -0.39 is 0 Å². The topological polar surface area (TPSA) is 0 Å². The molecule has 0 spiro atoms. The van der Waals surface area contributed by atoms with Crippen LogP contribution in [0.3, 0.4) is 0 Å². The van der Waals surface area contributed by atoms with Crippen LogP contribution in [-0.2, 0) is 21.1 Å². The molecule has 0 atom stereocenters. The monoisotopic (exact) mass is 250 g/mol. The van der Waals surface area contributed by atoms with E-state index in [4.69, 9.17) is 0 Å². The molecule has 0 saturated carbocycles. The Hall–Kier alpha value is 0.645. The molecule has 0 aromatic carbocycles. The van der Waals surface area contributed by atoms with Gasteiger partial charge in [0.25, 0.3) is 0 Å². The minimum Gasteiger partial charge on any atom is -0.109 e. The van der Waals surface area contributed by atoms with Crippen LogP contribution in [0.4, 0.5) is 0 Å². The first-order valence-corrected chi connectivity index (χ1v) is 1.27. The summed E-state index contributed by atoms with van der Waals surface area (Å²) in [6.07, 6.45) is 0. The predicted octanol–water partition coefficient (Wildman–Crippen LogP) is 0.296. The second-order valence-electron chi connectivity index (χ2n) is 0.204. The first-order chi connectivity index (χ1) is 1.41. The zero-order chi connectivity index (χ0) is 2.71. The van der Waals surface area contributed by atoms with Crippen molar-refractivity contribution < 1.29 is 21.1 Å². The molecule has 0 saturated heterocycles. The molecule has 0 heterocycles. The largest absolute Gasteiger partial charge is 0.109 e. The van der Waals surface area contributed by atoms with E-state index in [-0.39, 0.29) is 21.1 Å². The van der Waals surface area contributed by atoms with Crippen molar-refractivity contribution in [2.24, 2.45) is 0 Å². The average Bonchev–Trinajstić information content (AvgIpc) is 0.918. The molecule has 0 aliphatic carbocycles. The summed E-state index contributed by atoms with van der Waals surface area (Å²) in [5.41, 5.74) is 1.56. The van der Waals surface area contributed by atoms with E-state index in [1.54, 1.807) is 5.70 Å². The van der Waals surface area contributed by atoms with Gasteiger partial charge in [-0.05, 0) is 0 Å². The Kier molecular flexibility index (Phi) is 20.8. The van der Waals surface area contributed by atoms with E-state index >= 15 is 0 Å². The second-order valence-corrected chi connectivity index (χ2v) is 0.612. The van der Waals surface area contributed by atoms with Crippen LogP contribution >= 0.6 is 0 Å². The van der Waals surface area contributed by atoms with Crippen molar-refractivity contribution in [1.82, 2.24) is 0 Å². The summed E-state index contributed by atoms with van der Waals surface area (Å²) in [6.45, 7) is 3.27. The Morgan fingerprint density at radius 1 is 1.75 bits per heavy atom. The molecule has 0 aliphatic heterocycles. The minimum atomic E-state index is 0. The quantitative estimate of drug-likeness (QED) is 0.542. The maximum atomic E-state index is 3.27. The van der Waals surface area contributed by atoms with Gasteiger partial charge >= 0.3 is 0 Å². The molecule has 4 heavy (non-hydrogen) atoms. The maximum Gasteiger partial charge on any atom is 0.0592 e. The van der Waals surface area contributed by atoms with E-state index in [1.807, 2.05) is 0 Å². The standard InChI is InChI=1S/C2H3Si.Pt/c1-2-3;/h2H,1H2;. The van der Waals surface area contributed by atoms with Crippen LogP contribution in [0.1, 0.15) is 0 Å². The molecule has 2 heteroatoms. The van der Waals surface area contributed by atoms with Crippen molar-refractivity contribution in [3.05, 3.63) is 12.3 Å². The van der Waals surface area contributed by atoms with Crippen LogP contribution in [0.25, 0.3) is 0 Å². The molecule has 0 nitrogen and oxygen atoms in total. The van der Waals surface area contributed by atoms with Gasteiger partial charge in [-0.3, -0.25) is 0 Å². The first kappa shape index (κ1) is 8.82. The van der Waals surface area contributed by atoms with Crippen LogP contribution in [0.5, 0.6) is 0 Å². The Labute approximate surface area is 44.0 Å². The molecule has 0 amide bonds. The summed E-state index contributed by atoms with van der Waals surface area (Å²) in [5, 5.41) is 0. The second kappa shape index (κ2) is 9.42. The van der Waals surface area contributed by atoms with Gasteiger partial charge in [0, 0.05) is 21.1 Å². The maximum absolute atomic E-state index is 3.27. The summed E-state index contributed by atoms with van der Waals surface area (Å²) in [7, 11) is 2.95. The molecule has 0 rings (SSSR count). The normalized spacial score (nSPS) is 3.25. The van der Waals surface area contributed by atoms with Crippen molar-refractivity contribution >= 4 is 10.2 Å². The Morgan fingerprint density at radius 3 is 1.75 bits per heavy atom. The molecule has 0 fully saturated rings. The van der Waals surface area contributed by atoms with Crippen molar-refractivity contribution in [3.8, 4) is 0 Å². The summed E-state index contributed by atoms with van der Waals surface area (Å²) in [6, 6.07) is 0. The summed E-state index contributed by atoms with van der Waals surface area (Å²) in [5.74, 6) is 0. The van der Waals surface area contributed by atoms with E-state index in [2.05, 4.69) is 16.8 Å². The molecule has 0 N–H and O–H groups in total. The van der Waals surface area contributed by atoms with Crippen LogP contribution in [-0.4, -0.2) is 10.2 Å².